The van der Waals surface area contributed by atoms with E-state index in [1.807, 2.05) is 31.2 Å². The van der Waals surface area contributed by atoms with E-state index in [4.69, 9.17) is 4.84 Å². The van der Waals surface area contributed by atoms with Gasteiger partial charge in [0.2, 0.25) is 0 Å². The number of aromatic nitrogens is 2. The molecule has 2 aromatic rings. The van der Waals surface area contributed by atoms with Gasteiger partial charge in [0.25, 0.3) is 5.91 Å². The van der Waals surface area contributed by atoms with Crippen LogP contribution in [-0.2, 0) is 4.84 Å². The molecule has 0 aliphatic rings. The minimum absolute atomic E-state index is 0.0270. The highest BCUT2D eigenvalue weighted by molar-refractivity contribution is 7.98. The van der Waals surface area contributed by atoms with Gasteiger partial charge in [-0.15, -0.1) is 0 Å². The lowest BCUT2D eigenvalue weighted by Crippen LogP contribution is -2.30. The fourth-order valence-corrected chi connectivity index (χ4v) is 3.31. The molecule has 0 spiro atoms. The third kappa shape index (κ3) is 5.84. The van der Waals surface area contributed by atoms with Crippen molar-refractivity contribution in [2.75, 3.05) is 37.2 Å². The molecule has 1 amide bonds. The van der Waals surface area contributed by atoms with E-state index in [1.165, 1.54) is 18.9 Å². The SMILES string of the molecule is CONC(=O)c1ccc(C)c(Nc2nc(SC)nc(N(C)CC(C)(C)C)c2C#N)c1. The maximum absolute atomic E-state index is 12.1. The van der Waals surface area contributed by atoms with E-state index < -0.39 is 0 Å². The van der Waals surface area contributed by atoms with E-state index >= 15 is 0 Å². The number of hydrogen-bond donors (Lipinski definition) is 2. The summed E-state index contributed by atoms with van der Waals surface area (Å²) < 4.78 is 0. The number of aryl methyl sites for hydroxylation is 1. The molecule has 160 valence electrons. The predicted molar refractivity (Wildman–Crippen MR) is 120 cm³/mol. The molecule has 1 aromatic heterocycles. The van der Waals surface area contributed by atoms with E-state index in [0.29, 0.717) is 33.6 Å². The Labute approximate surface area is 182 Å². The van der Waals surface area contributed by atoms with Crippen molar-refractivity contribution in [3.63, 3.8) is 0 Å². The van der Waals surface area contributed by atoms with E-state index in [9.17, 15) is 10.1 Å². The van der Waals surface area contributed by atoms with Crippen LogP contribution in [0.4, 0.5) is 17.3 Å². The summed E-state index contributed by atoms with van der Waals surface area (Å²) in [4.78, 5) is 27.9. The summed E-state index contributed by atoms with van der Waals surface area (Å²) in [6, 6.07) is 7.47. The van der Waals surface area contributed by atoms with Gasteiger partial charge in [0, 0.05) is 24.8 Å². The second-order valence-electron chi connectivity index (χ2n) is 8.08. The fraction of sp³-hybridized carbons (Fsp3) is 0.429. The van der Waals surface area contributed by atoms with Crippen molar-refractivity contribution < 1.29 is 9.63 Å². The Bertz CT molecular complexity index is 965. The standard InChI is InChI=1S/C21H28N6O2S/c1-13-8-9-14(19(28)26-29-6)10-16(13)23-17-15(11-22)18(25-20(24-17)30-7)27(5)12-21(2,3)4/h8-10H,12H2,1-7H3,(H,26,28)(H,23,24,25). The molecule has 0 aliphatic heterocycles. The van der Waals surface area contributed by atoms with Crippen molar-refractivity contribution >= 4 is 35.0 Å². The number of nitrogens with one attached hydrogen (secondary N) is 2. The Hall–Kier alpha value is -2.83. The normalized spacial score (nSPS) is 11.0. The third-order valence-corrected chi connectivity index (χ3v) is 4.73. The zero-order valence-electron chi connectivity index (χ0n) is 18.5. The molecule has 0 radical (unpaired) electrons. The van der Waals surface area contributed by atoms with Crippen LogP contribution in [0.5, 0.6) is 0 Å². The first-order chi connectivity index (χ1) is 14.1. The minimum atomic E-state index is -0.362. The van der Waals surface area contributed by atoms with Gasteiger partial charge < -0.3 is 10.2 Å². The molecule has 0 fully saturated rings. The van der Waals surface area contributed by atoms with Crippen LogP contribution < -0.4 is 15.7 Å². The molecule has 0 aliphatic carbocycles. The van der Waals surface area contributed by atoms with Crippen molar-refractivity contribution in [2.24, 2.45) is 5.41 Å². The fourth-order valence-electron chi connectivity index (χ4n) is 2.95. The van der Waals surface area contributed by atoms with Crippen molar-refractivity contribution in [2.45, 2.75) is 32.9 Å². The van der Waals surface area contributed by atoms with Crippen LogP contribution in [-0.4, -0.2) is 42.8 Å². The molecular weight excluding hydrogens is 400 g/mol. The van der Waals surface area contributed by atoms with E-state index in [0.717, 1.165) is 12.1 Å². The quantitative estimate of drug-likeness (QED) is 0.389. The minimum Gasteiger partial charge on any atom is -0.358 e. The van der Waals surface area contributed by atoms with Crippen LogP contribution in [0.15, 0.2) is 23.4 Å². The summed E-state index contributed by atoms with van der Waals surface area (Å²) >= 11 is 1.40. The number of nitriles is 1. The van der Waals surface area contributed by atoms with Gasteiger partial charge in [0.15, 0.2) is 16.8 Å². The Morgan fingerprint density at radius 2 is 2.03 bits per heavy atom. The Morgan fingerprint density at radius 1 is 1.33 bits per heavy atom. The van der Waals surface area contributed by atoms with Gasteiger partial charge in [-0.1, -0.05) is 38.6 Å². The lowest BCUT2D eigenvalue weighted by atomic mass is 9.96. The molecule has 30 heavy (non-hydrogen) atoms. The molecule has 2 rings (SSSR count). The first kappa shape index (κ1) is 23.4. The molecule has 8 nitrogen and oxygen atoms in total. The highest BCUT2D eigenvalue weighted by Crippen LogP contribution is 2.31. The van der Waals surface area contributed by atoms with Crippen LogP contribution in [0.2, 0.25) is 0 Å². The number of carbonyl (C=O) groups is 1. The van der Waals surface area contributed by atoms with E-state index in [1.54, 1.807) is 12.1 Å². The third-order valence-electron chi connectivity index (χ3n) is 4.18. The molecule has 9 heteroatoms. The van der Waals surface area contributed by atoms with Gasteiger partial charge in [-0.3, -0.25) is 9.63 Å². The maximum atomic E-state index is 12.1. The van der Waals surface area contributed by atoms with Crippen molar-refractivity contribution in [3.05, 3.63) is 34.9 Å². The smallest absolute Gasteiger partial charge is 0.274 e. The Kier molecular flexibility index (Phi) is 7.65. The van der Waals surface area contributed by atoms with Crippen LogP contribution in [0.25, 0.3) is 0 Å². The molecule has 0 bridgehead atoms. The molecule has 1 heterocycles. The second kappa shape index (κ2) is 9.78. The number of benzene rings is 1. The first-order valence-corrected chi connectivity index (χ1v) is 10.6. The van der Waals surface area contributed by atoms with Crippen LogP contribution in [0.3, 0.4) is 0 Å². The van der Waals surface area contributed by atoms with Crippen molar-refractivity contribution in [1.29, 1.82) is 5.26 Å². The van der Waals surface area contributed by atoms with Crippen molar-refractivity contribution in [1.82, 2.24) is 15.4 Å². The van der Waals surface area contributed by atoms with Crippen LogP contribution in [0, 0.1) is 23.7 Å². The molecule has 0 unspecified atom stereocenters. The molecule has 0 saturated carbocycles. The average molecular weight is 429 g/mol. The van der Waals surface area contributed by atoms with Gasteiger partial charge in [0.1, 0.15) is 11.6 Å². The number of amides is 1. The van der Waals surface area contributed by atoms with E-state index in [2.05, 4.69) is 47.6 Å². The molecule has 0 saturated heterocycles. The number of thioether (sulfide) groups is 1. The Balaban J connectivity index is 2.52. The summed E-state index contributed by atoms with van der Waals surface area (Å²) in [5.41, 5.74) is 4.68. The van der Waals surface area contributed by atoms with Crippen LogP contribution in [0.1, 0.15) is 42.3 Å². The molecule has 1 aromatic carbocycles. The topological polar surface area (TPSA) is 103 Å². The second-order valence-corrected chi connectivity index (χ2v) is 8.85. The van der Waals surface area contributed by atoms with Gasteiger partial charge in [-0.2, -0.15) is 5.26 Å². The number of carbonyl (C=O) groups excluding carboxylic acids is 1. The summed E-state index contributed by atoms with van der Waals surface area (Å²) in [6.07, 6.45) is 1.89. The molecule has 2 N–H and O–H groups in total. The number of hydrogen-bond acceptors (Lipinski definition) is 8. The highest BCUT2D eigenvalue weighted by Gasteiger charge is 2.22. The number of nitrogens with zero attached hydrogens (tertiary/aromatic N) is 4. The Morgan fingerprint density at radius 3 is 2.60 bits per heavy atom. The summed E-state index contributed by atoms with van der Waals surface area (Å²) in [6.45, 7) is 9.02. The molecule has 0 atom stereocenters. The van der Waals surface area contributed by atoms with Gasteiger partial charge in [-0.05, 0) is 36.3 Å². The summed E-state index contributed by atoms with van der Waals surface area (Å²) in [5, 5.41) is 13.7. The predicted octanol–water partition coefficient (Wildman–Crippen LogP) is 3.90. The summed E-state index contributed by atoms with van der Waals surface area (Å²) in [5.74, 6) is 0.611. The highest BCUT2D eigenvalue weighted by atomic mass is 32.2. The van der Waals surface area contributed by atoms with Gasteiger partial charge in [0.05, 0.1) is 7.11 Å². The van der Waals surface area contributed by atoms with Crippen LogP contribution >= 0.6 is 11.8 Å². The van der Waals surface area contributed by atoms with Crippen molar-refractivity contribution in [3.8, 4) is 6.07 Å². The first-order valence-electron chi connectivity index (χ1n) is 9.38. The number of anilines is 3. The zero-order valence-corrected chi connectivity index (χ0v) is 19.3. The number of rotatable bonds is 7. The monoisotopic (exact) mass is 428 g/mol. The number of hydroxylamine groups is 1. The largest absolute Gasteiger partial charge is 0.358 e. The van der Waals surface area contributed by atoms with Gasteiger partial charge >= 0.3 is 0 Å². The molecular formula is C21H28N6O2S. The summed E-state index contributed by atoms with van der Waals surface area (Å²) in [7, 11) is 3.30. The average Bonchev–Trinajstić information content (AvgIpc) is 2.67. The lowest BCUT2D eigenvalue weighted by molar-refractivity contribution is 0.0537. The van der Waals surface area contributed by atoms with Gasteiger partial charge in [-0.25, -0.2) is 15.4 Å². The zero-order chi connectivity index (χ0) is 22.5. The maximum Gasteiger partial charge on any atom is 0.274 e. The lowest BCUT2D eigenvalue weighted by Gasteiger charge is -2.28. The van der Waals surface area contributed by atoms with E-state index in [-0.39, 0.29) is 11.3 Å².